The SMILES string of the molecule is CC(C)[C@H]1N[C@]2(c3ccccc3-n3c2nc2ccccc2c3=O)[C@H]2C(=O)N(c3ccccc3)C(=O)[C@@H]12. The van der Waals surface area contributed by atoms with Gasteiger partial charge in [0.25, 0.3) is 5.56 Å². The number of hydrogen-bond donors (Lipinski definition) is 1. The molecule has 2 saturated heterocycles. The molecular weight excluding hydrogens is 452 g/mol. The highest BCUT2D eigenvalue weighted by molar-refractivity contribution is 6.23. The van der Waals surface area contributed by atoms with E-state index in [-0.39, 0.29) is 29.3 Å². The number of anilines is 1. The molecule has 4 atom stereocenters. The van der Waals surface area contributed by atoms with Crippen LogP contribution in [0.25, 0.3) is 16.6 Å². The van der Waals surface area contributed by atoms with Gasteiger partial charge in [-0.05, 0) is 36.2 Å². The van der Waals surface area contributed by atoms with Gasteiger partial charge in [0.2, 0.25) is 11.8 Å². The summed E-state index contributed by atoms with van der Waals surface area (Å²) in [5, 5.41) is 4.23. The lowest BCUT2D eigenvalue weighted by Crippen LogP contribution is -2.51. The Bertz CT molecular complexity index is 1640. The van der Waals surface area contributed by atoms with Gasteiger partial charge in [-0.2, -0.15) is 0 Å². The highest BCUT2D eigenvalue weighted by Crippen LogP contribution is 2.56. The third-order valence-electron chi connectivity index (χ3n) is 8.03. The zero-order chi connectivity index (χ0) is 24.8. The van der Waals surface area contributed by atoms with Crippen LogP contribution < -0.4 is 15.8 Å². The summed E-state index contributed by atoms with van der Waals surface area (Å²) in [5.41, 5.74) is 1.36. The molecule has 7 rings (SSSR count). The number of amides is 2. The second-order valence-electron chi connectivity index (χ2n) is 10.2. The molecule has 7 heteroatoms. The van der Waals surface area contributed by atoms with Gasteiger partial charge in [-0.25, -0.2) is 9.88 Å². The minimum atomic E-state index is -1.10. The van der Waals surface area contributed by atoms with E-state index in [2.05, 4.69) is 19.2 Å². The lowest BCUT2D eigenvalue weighted by Gasteiger charge is -2.32. The number of aromatic nitrogens is 2. The van der Waals surface area contributed by atoms with Crippen molar-refractivity contribution in [3.8, 4) is 5.69 Å². The van der Waals surface area contributed by atoms with Gasteiger partial charge < -0.3 is 0 Å². The van der Waals surface area contributed by atoms with Crippen LogP contribution in [0, 0.1) is 17.8 Å². The van der Waals surface area contributed by atoms with Crippen molar-refractivity contribution in [2.75, 3.05) is 4.90 Å². The van der Waals surface area contributed by atoms with Crippen LogP contribution in [0.15, 0.2) is 83.7 Å². The van der Waals surface area contributed by atoms with E-state index in [1.165, 1.54) is 4.90 Å². The van der Waals surface area contributed by atoms with Crippen molar-refractivity contribution in [3.05, 3.63) is 101 Å². The summed E-state index contributed by atoms with van der Waals surface area (Å²) < 4.78 is 1.63. The molecule has 3 aliphatic rings. The Morgan fingerprint density at radius 1 is 0.861 bits per heavy atom. The number of imide groups is 1. The predicted octanol–water partition coefficient (Wildman–Crippen LogP) is 3.38. The van der Waals surface area contributed by atoms with Gasteiger partial charge in [0.15, 0.2) is 0 Å². The van der Waals surface area contributed by atoms with E-state index in [1.807, 2.05) is 60.7 Å². The molecular formula is C29H24N4O3. The van der Waals surface area contributed by atoms with Gasteiger partial charge in [0, 0.05) is 11.6 Å². The zero-order valence-electron chi connectivity index (χ0n) is 19.9. The highest BCUT2D eigenvalue weighted by Gasteiger charge is 2.70. The molecule has 0 radical (unpaired) electrons. The van der Waals surface area contributed by atoms with Crippen LogP contribution >= 0.6 is 0 Å². The third-order valence-corrected chi connectivity index (χ3v) is 8.03. The Kier molecular flexibility index (Phi) is 4.25. The first-order valence-electron chi connectivity index (χ1n) is 12.3. The van der Waals surface area contributed by atoms with Crippen LogP contribution in [0.2, 0.25) is 0 Å². The Balaban J connectivity index is 1.55. The monoisotopic (exact) mass is 476 g/mol. The Labute approximate surface area is 207 Å². The molecule has 4 heterocycles. The largest absolute Gasteiger partial charge is 0.296 e. The molecule has 2 amide bonds. The topological polar surface area (TPSA) is 84.3 Å². The summed E-state index contributed by atoms with van der Waals surface area (Å²) in [7, 11) is 0. The molecule has 0 aliphatic carbocycles. The van der Waals surface area contributed by atoms with E-state index in [0.717, 1.165) is 5.56 Å². The first-order chi connectivity index (χ1) is 17.4. The van der Waals surface area contributed by atoms with Crippen LogP contribution in [0.3, 0.4) is 0 Å². The first-order valence-corrected chi connectivity index (χ1v) is 12.3. The fourth-order valence-electron chi connectivity index (χ4n) is 6.56. The van der Waals surface area contributed by atoms with Gasteiger partial charge in [-0.15, -0.1) is 0 Å². The number of hydrogen-bond acceptors (Lipinski definition) is 5. The molecule has 7 nitrogen and oxygen atoms in total. The summed E-state index contributed by atoms with van der Waals surface area (Å²) in [5.74, 6) is -1.25. The van der Waals surface area contributed by atoms with E-state index in [4.69, 9.17) is 4.98 Å². The van der Waals surface area contributed by atoms with Gasteiger partial charge in [-0.1, -0.05) is 62.4 Å². The maximum atomic E-state index is 14.2. The van der Waals surface area contributed by atoms with Gasteiger partial charge in [-0.3, -0.25) is 24.3 Å². The minimum Gasteiger partial charge on any atom is -0.296 e. The Hall–Kier alpha value is -4.10. The number of carbonyl (C=O) groups excluding carboxylic acids is 2. The molecule has 0 unspecified atom stereocenters. The molecule has 0 bridgehead atoms. The van der Waals surface area contributed by atoms with Crippen molar-refractivity contribution in [2.45, 2.75) is 25.4 Å². The molecule has 0 saturated carbocycles. The van der Waals surface area contributed by atoms with E-state index in [9.17, 15) is 14.4 Å². The smallest absolute Gasteiger partial charge is 0.266 e. The predicted molar refractivity (Wildman–Crippen MR) is 136 cm³/mol. The van der Waals surface area contributed by atoms with E-state index in [0.29, 0.717) is 28.1 Å². The molecule has 2 fully saturated rings. The zero-order valence-corrected chi connectivity index (χ0v) is 19.9. The normalized spacial score (nSPS) is 26.2. The number of rotatable bonds is 2. The number of para-hydroxylation sites is 3. The van der Waals surface area contributed by atoms with Gasteiger partial charge in [0.05, 0.1) is 34.1 Å². The van der Waals surface area contributed by atoms with Crippen molar-refractivity contribution < 1.29 is 9.59 Å². The third kappa shape index (κ3) is 2.45. The number of fused-ring (bicyclic) bond motifs is 8. The molecule has 178 valence electrons. The molecule has 4 aromatic rings. The molecule has 1 N–H and O–H groups in total. The van der Waals surface area contributed by atoms with Gasteiger partial charge >= 0.3 is 0 Å². The summed E-state index contributed by atoms with van der Waals surface area (Å²) in [6.45, 7) is 4.11. The summed E-state index contributed by atoms with van der Waals surface area (Å²) in [4.78, 5) is 48.3. The van der Waals surface area contributed by atoms with E-state index < -0.39 is 17.4 Å². The standard InChI is InChI=1S/C29H24N4O3/c1-16(2)24-22-23(27(36)32(26(22)35)17-10-4-3-5-11-17)29(31-24)19-13-7-9-15-21(19)33-25(34)18-12-6-8-14-20(18)30-28(29)33/h3-16,22-24,31H,1-2H3/t22-,23-,24-,29-/m1/s1. The minimum absolute atomic E-state index is 0.0674. The van der Waals surface area contributed by atoms with Crippen molar-refractivity contribution in [1.29, 1.82) is 0 Å². The number of benzene rings is 3. The fraction of sp³-hybridized carbons (Fsp3) is 0.241. The molecule has 1 aromatic heterocycles. The molecule has 3 aliphatic heterocycles. The van der Waals surface area contributed by atoms with Crippen LogP contribution in [0.5, 0.6) is 0 Å². The number of nitrogens with zero attached hydrogens (tertiary/aromatic N) is 3. The van der Waals surface area contributed by atoms with Gasteiger partial charge in [0.1, 0.15) is 11.4 Å². The Morgan fingerprint density at radius 3 is 2.33 bits per heavy atom. The molecule has 3 aromatic carbocycles. The van der Waals surface area contributed by atoms with Crippen LogP contribution in [0.4, 0.5) is 5.69 Å². The summed E-state index contributed by atoms with van der Waals surface area (Å²) in [6, 6.07) is 23.7. The Morgan fingerprint density at radius 2 is 1.56 bits per heavy atom. The second kappa shape index (κ2) is 7.21. The van der Waals surface area contributed by atoms with Crippen molar-refractivity contribution in [1.82, 2.24) is 14.9 Å². The second-order valence-corrected chi connectivity index (χ2v) is 10.2. The molecule has 1 spiro atoms. The number of nitrogens with one attached hydrogen (secondary N) is 1. The van der Waals surface area contributed by atoms with E-state index in [1.54, 1.807) is 22.8 Å². The summed E-state index contributed by atoms with van der Waals surface area (Å²) in [6.07, 6.45) is 0. The average molecular weight is 477 g/mol. The van der Waals surface area contributed by atoms with Crippen LogP contribution in [-0.2, 0) is 15.1 Å². The van der Waals surface area contributed by atoms with E-state index >= 15 is 0 Å². The fourth-order valence-corrected chi connectivity index (χ4v) is 6.56. The van der Waals surface area contributed by atoms with Crippen LogP contribution in [0.1, 0.15) is 25.2 Å². The molecule has 36 heavy (non-hydrogen) atoms. The highest BCUT2D eigenvalue weighted by atomic mass is 16.2. The maximum Gasteiger partial charge on any atom is 0.266 e. The average Bonchev–Trinajstić information content (AvgIpc) is 3.48. The van der Waals surface area contributed by atoms with Crippen molar-refractivity contribution in [3.63, 3.8) is 0 Å². The first kappa shape index (κ1) is 21.2. The van der Waals surface area contributed by atoms with Crippen molar-refractivity contribution in [2.24, 2.45) is 17.8 Å². The quantitative estimate of drug-likeness (QED) is 0.449. The van der Waals surface area contributed by atoms with Crippen molar-refractivity contribution >= 4 is 28.4 Å². The van der Waals surface area contributed by atoms with Crippen LogP contribution in [-0.4, -0.2) is 27.4 Å². The summed E-state index contributed by atoms with van der Waals surface area (Å²) >= 11 is 0. The number of carbonyl (C=O) groups is 2. The lowest BCUT2D eigenvalue weighted by atomic mass is 9.75. The lowest BCUT2D eigenvalue weighted by molar-refractivity contribution is -0.123. The maximum absolute atomic E-state index is 14.2.